The van der Waals surface area contributed by atoms with Gasteiger partial charge in [0.2, 0.25) is 0 Å². The summed E-state index contributed by atoms with van der Waals surface area (Å²) in [5, 5.41) is 2.57. The molecule has 0 radical (unpaired) electrons. The summed E-state index contributed by atoms with van der Waals surface area (Å²) in [6.45, 7) is 10.6. The number of nitrogens with two attached hydrogens (primary N) is 2. The van der Waals surface area contributed by atoms with Crippen molar-refractivity contribution < 1.29 is 32.2 Å². The molecule has 2 atom stereocenters. The summed E-state index contributed by atoms with van der Waals surface area (Å²) in [5.41, 5.74) is 7.05. The number of hydrogen-bond donors (Lipinski definition) is 3. The molecule has 0 amide bonds. The Labute approximate surface area is 185 Å². The zero-order valence-corrected chi connectivity index (χ0v) is 19.0. The third kappa shape index (κ3) is 7.20. The van der Waals surface area contributed by atoms with Crippen molar-refractivity contribution in [1.29, 1.82) is 0 Å². The smallest absolute Gasteiger partial charge is 0.354 e. The van der Waals surface area contributed by atoms with Gasteiger partial charge in [0.1, 0.15) is 22.7 Å². The van der Waals surface area contributed by atoms with Crippen LogP contribution in [0, 0.1) is 5.82 Å². The zero-order chi connectivity index (χ0) is 24.9. The lowest BCUT2D eigenvalue weighted by Crippen LogP contribution is -2.62. The second-order valence-corrected chi connectivity index (χ2v) is 9.11. The molecule has 0 aliphatic carbocycles. The van der Waals surface area contributed by atoms with E-state index in [1.807, 2.05) is 20.8 Å². The highest BCUT2D eigenvalue weighted by Crippen LogP contribution is 2.39. The fourth-order valence-corrected chi connectivity index (χ4v) is 2.67. The largest absolute Gasteiger partial charge is 0.462 e. The molecule has 5 N–H and O–H groups in total. The van der Waals surface area contributed by atoms with E-state index in [2.05, 4.69) is 15.0 Å². The molecule has 32 heavy (non-hydrogen) atoms. The van der Waals surface area contributed by atoms with E-state index in [-0.39, 0.29) is 23.5 Å². The van der Waals surface area contributed by atoms with Crippen molar-refractivity contribution in [3.05, 3.63) is 29.6 Å². The van der Waals surface area contributed by atoms with E-state index >= 15 is 0 Å². The first-order valence-electron chi connectivity index (χ1n) is 9.79. The minimum Gasteiger partial charge on any atom is -0.462 e. The van der Waals surface area contributed by atoms with E-state index < -0.39 is 41.1 Å². The van der Waals surface area contributed by atoms with Crippen molar-refractivity contribution in [2.24, 2.45) is 10.7 Å². The number of esters is 1. The molecule has 0 saturated heterocycles. The molecule has 1 aromatic carbocycles. The van der Waals surface area contributed by atoms with Gasteiger partial charge in [0, 0.05) is 17.8 Å². The number of rotatable bonds is 4. The van der Waals surface area contributed by atoms with Gasteiger partial charge in [0.25, 0.3) is 12.9 Å². The highest BCUT2D eigenvalue weighted by molar-refractivity contribution is 6.37. The fraction of sp³-hybridized carbons (Fsp3) is 0.571. The van der Waals surface area contributed by atoms with E-state index in [4.69, 9.17) is 16.2 Å². The summed E-state index contributed by atoms with van der Waals surface area (Å²) >= 11 is 0. The number of nitrogen functional groups attached to an aromatic ring is 1. The molecule has 1 aliphatic heterocycles. The molecular formula is C21H31F3N4O4. The molecule has 0 fully saturated rings. The quantitative estimate of drug-likeness (QED) is 0.358. The molecule has 2 rings (SSSR count). The van der Waals surface area contributed by atoms with Crippen molar-refractivity contribution in [3.63, 3.8) is 0 Å². The second-order valence-electron chi connectivity index (χ2n) is 9.11. The maximum atomic E-state index is 14.3. The average Bonchev–Trinajstić information content (AvgIpc) is 2.62. The number of nitrogens with zero attached hydrogens (tertiary/aromatic N) is 1. The maximum absolute atomic E-state index is 14.3. The van der Waals surface area contributed by atoms with Crippen LogP contribution in [0.15, 0.2) is 23.2 Å². The van der Waals surface area contributed by atoms with Crippen LogP contribution in [-0.2, 0) is 24.6 Å². The van der Waals surface area contributed by atoms with Gasteiger partial charge in [-0.2, -0.15) is 0 Å². The third-order valence-corrected chi connectivity index (χ3v) is 4.07. The van der Waals surface area contributed by atoms with Crippen LogP contribution >= 0.6 is 0 Å². The predicted molar refractivity (Wildman–Crippen MR) is 115 cm³/mol. The first-order valence-corrected chi connectivity index (χ1v) is 9.79. The standard InChI is InChI=1S/C16H21F3N4O2.C5H10O2/c1-15(2,3)25-12(24)11-7-22-14(21)16(23-11,13(18)19)9-6-8(20)4-5-10(9)17;1-5(2,3)7-4-6/h4-6,13-14,22H,7,20-21H2,1-3H3;4H,1-3H3. The first-order chi connectivity index (χ1) is 14.5. The van der Waals surface area contributed by atoms with Crippen molar-refractivity contribution in [1.82, 2.24) is 5.32 Å². The van der Waals surface area contributed by atoms with Gasteiger partial charge in [-0.1, -0.05) is 0 Å². The van der Waals surface area contributed by atoms with E-state index in [9.17, 15) is 22.8 Å². The summed E-state index contributed by atoms with van der Waals surface area (Å²) in [6, 6.07) is 3.24. The molecule has 0 aromatic heterocycles. The van der Waals surface area contributed by atoms with Gasteiger partial charge in [-0.25, -0.2) is 18.0 Å². The zero-order valence-electron chi connectivity index (χ0n) is 19.0. The predicted octanol–water partition coefficient (Wildman–Crippen LogP) is 2.50. The molecule has 0 saturated carbocycles. The summed E-state index contributed by atoms with van der Waals surface area (Å²) < 4.78 is 52.0. The average molecular weight is 460 g/mol. The molecular weight excluding hydrogens is 429 g/mol. The van der Waals surface area contributed by atoms with Crippen LogP contribution in [0.5, 0.6) is 0 Å². The lowest BCUT2D eigenvalue weighted by molar-refractivity contribution is -0.146. The first kappa shape index (κ1) is 27.4. The number of alkyl halides is 2. The molecule has 0 spiro atoms. The Kier molecular flexibility index (Phi) is 8.82. The summed E-state index contributed by atoms with van der Waals surface area (Å²) in [6.07, 6.45) is -4.61. The molecule has 1 heterocycles. The van der Waals surface area contributed by atoms with Crippen molar-refractivity contribution in [2.75, 3.05) is 12.3 Å². The maximum Gasteiger partial charge on any atom is 0.354 e. The number of ether oxygens (including phenoxy) is 2. The minimum absolute atomic E-state index is 0.0724. The van der Waals surface area contributed by atoms with Crippen LogP contribution < -0.4 is 16.8 Å². The highest BCUT2D eigenvalue weighted by atomic mass is 19.3. The Morgan fingerprint density at radius 1 is 1.25 bits per heavy atom. The Morgan fingerprint density at radius 2 is 1.84 bits per heavy atom. The highest BCUT2D eigenvalue weighted by Gasteiger charge is 2.52. The molecule has 2 unspecified atom stereocenters. The number of carbonyl (C=O) groups is 2. The monoisotopic (exact) mass is 460 g/mol. The number of nitrogens with one attached hydrogen (secondary N) is 1. The Hall–Kier alpha value is -2.66. The Morgan fingerprint density at radius 3 is 2.28 bits per heavy atom. The topological polar surface area (TPSA) is 129 Å². The lowest BCUT2D eigenvalue weighted by atomic mass is 9.85. The third-order valence-electron chi connectivity index (χ3n) is 4.07. The van der Waals surface area contributed by atoms with E-state index in [1.165, 1.54) is 6.07 Å². The van der Waals surface area contributed by atoms with Gasteiger partial charge in [-0.05, 0) is 59.7 Å². The molecule has 1 aromatic rings. The van der Waals surface area contributed by atoms with Gasteiger partial charge in [-0.3, -0.25) is 15.1 Å². The Balaban J connectivity index is 0.000000633. The van der Waals surface area contributed by atoms with Gasteiger partial charge < -0.3 is 20.9 Å². The number of aliphatic imine (C=N–C) groups is 1. The summed E-state index contributed by atoms with van der Waals surface area (Å²) in [5.74, 6) is -1.82. The number of anilines is 1. The van der Waals surface area contributed by atoms with Crippen LogP contribution in [0.25, 0.3) is 0 Å². The van der Waals surface area contributed by atoms with Crippen LogP contribution in [0.3, 0.4) is 0 Å². The van der Waals surface area contributed by atoms with E-state index in [0.29, 0.717) is 6.47 Å². The molecule has 1 aliphatic rings. The van der Waals surface area contributed by atoms with Gasteiger partial charge in [-0.15, -0.1) is 0 Å². The Bertz CT molecular complexity index is 850. The van der Waals surface area contributed by atoms with Crippen molar-refractivity contribution >= 4 is 23.8 Å². The summed E-state index contributed by atoms with van der Waals surface area (Å²) in [4.78, 5) is 25.7. The van der Waals surface area contributed by atoms with Crippen LogP contribution in [-0.4, -0.2) is 48.5 Å². The minimum atomic E-state index is -3.19. The van der Waals surface area contributed by atoms with Crippen LogP contribution in [0.1, 0.15) is 47.1 Å². The molecule has 8 nitrogen and oxygen atoms in total. The van der Waals surface area contributed by atoms with Crippen molar-refractivity contribution in [3.8, 4) is 0 Å². The van der Waals surface area contributed by atoms with Gasteiger partial charge in [0.05, 0.1) is 6.17 Å². The second kappa shape index (κ2) is 10.3. The molecule has 11 heteroatoms. The number of hydrogen-bond acceptors (Lipinski definition) is 8. The van der Waals surface area contributed by atoms with Crippen LogP contribution in [0.4, 0.5) is 18.9 Å². The fourth-order valence-electron chi connectivity index (χ4n) is 2.67. The van der Waals surface area contributed by atoms with Crippen molar-refractivity contribution in [2.45, 2.75) is 70.9 Å². The number of halogens is 3. The van der Waals surface area contributed by atoms with Crippen LogP contribution in [0.2, 0.25) is 0 Å². The van der Waals surface area contributed by atoms with Gasteiger partial charge >= 0.3 is 5.97 Å². The summed E-state index contributed by atoms with van der Waals surface area (Å²) in [7, 11) is 0. The molecule has 180 valence electrons. The molecule has 0 bridgehead atoms. The number of benzene rings is 1. The lowest BCUT2D eigenvalue weighted by Gasteiger charge is -2.39. The normalized spacial score (nSPS) is 21.2. The van der Waals surface area contributed by atoms with E-state index in [0.717, 1.165) is 12.1 Å². The number of carbonyl (C=O) groups excluding carboxylic acids is 2. The SMILES string of the molecule is CC(C)(C)OC(=O)C1=NC(c2cc(N)ccc2F)(C(F)F)C(N)NC1.CC(C)(C)OC=O. The van der Waals surface area contributed by atoms with E-state index in [1.54, 1.807) is 20.8 Å². The van der Waals surface area contributed by atoms with Gasteiger partial charge in [0.15, 0.2) is 5.54 Å².